The molecule has 8 aromatic carbocycles. The Kier molecular flexibility index (Phi) is 9.81. The van der Waals surface area contributed by atoms with Crippen molar-refractivity contribution in [2.75, 3.05) is 0 Å². The summed E-state index contributed by atoms with van der Waals surface area (Å²) in [4.78, 5) is 4.80. The number of hydrogen-bond donors (Lipinski definition) is 0. The molecule has 0 saturated carbocycles. The SMILES string of the molecule is [B]c1c([B])c([B])c2c(c1[B])-c1c([B])c([B])c(-c3c4ccccc4c(-c4ccc(-c5ccccc5-n5c(C([B])([B])C([B])([B])[B])nc6ccccc65)cc4)c4ccccc34)c([B])c1C2(C)C. The van der Waals surface area contributed by atoms with Crippen LogP contribution in [0.25, 0.3) is 82.8 Å². The second-order valence-electron chi connectivity index (χ2n) is 17.4. The number of aromatic nitrogens is 2. The lowest BCUT2D eigenvalue weighted by Gasteiger charge is -2.41. The van der Waals surface area contributed by atoms with Gasteiger partial charge < -0.3 is 0 Å². The quantitative estimate of drug-likeness (QED) is 0.187. The summed E-state index contributed by atoms with van der Waals surface area (Å²) >= 11 is 0. The van der Waals surface area contributed by atoms with E-state index in [2.05, 4.69) is 48.5 Å². The molecule has 0 amide bonds. The van der Waals surface area contributed by atoms with Crippen LogP contribution in [-0.4, -0.2) is 104 Å². The maximum atomic E-state index is 7.39. The summed E-state index contributed by atoms with van der Waals surface area (Å²) in [5.41, 5.74) is 11.6. The lowest BCUT2D eigenvalue weighted by Crippen LogP contribution is -2.51. The molecule has 0 N–H and O–H groups in total. The molecule has 0 unspecified atom stereocenters. The van der Waals surface area contributed by atoms with E-state index in [-0.39, 0.29) is 22.2 Å². The van der Waals surface area contributed by atoms with Crippen LogP contribution < -0.4 is 38.2 Å². The number of hydrogen-bond acceptors (Lipinski definition) is 1. The van der Waals surface area contributed by atoms with Crippen molar-refractivity contribution in [2.24, 2.45) is 0 Å². The van der Waals surface area contributed by atoms with Crippen LogP contribution in [-0.2, 0) is 10.6 Å². The fraction of sp³-hybridized carbons (Fsp3) is 0.100. The summed E-state index contributed by atoms with van der Waals surface area (Å²) in [5.74, 6) is 0.213. The number of imidazole rings is 1. The molecule has 24 radical (unpaired) electrons. The first-order chi connectivity index (χ1) is 30.4. The Bertz CT molecular complexity index is 3400. The Morgan fingerprint density at radius 3 is 1.48 bits per heavy atom. The monoisotopic (exact) mass is 786 g/mol. The molecule has 0 saturated heterocycles. The fourth-order valence-corrected chi connectivity index (χ4v) is 10.0. The first-order valence-electron chi connectivity index (χ1n) is 20.7. The average molecular weight is 785 g/mol. The van der Waals surface area contributed by atoms with Crippen molar-refractivity contribution in [2.45, 2.75) is 29.6 Å². The normalized spacial score (nSPS) is 13.4. The van der Waals surface area contributed by atoms with E-state index in [4.69, 9.17) is 99.1 Å². The van der Waals surface area contributed by atoms with Gasteiger partial charge >= 0.3 is 0 Å². The van der Waals surface area contributed by atoms with Crippen molar-refractivity contribution >= 4 is 165 Å². The molecule has 0 atom stereocenters. The third-order valence-corrected chi connectivity index (χ3v) is 13.2. The Labute approximate surface area is 390 Å². The molecule has 0 fully saturated rings. The third kappa shape index (κ3) is 5.92. The molecule has 14 heteroatoms. The Balaban J connectivity index is 1.17. The molecule has 0 aliphatic heterocycles. The lowest BCUT2D eigenvalue weighted by molar-refractivity contribution is 0.670. The van der Waals surface area contributed by atoms with Gasteiger partial charge in [0, 0.05) is 11.0 Å². The van der Waals surface area contributed by atoms with Gasteiger partial charge in [-0.25, -0.2) is 4.98 Å². The van der Waals surface area contributed by atoms with Crippen LogP contribution in [0.2, 0.25) is 5.11 Å². The van der Waals surface area contributed by atoms with E-state index < -0.39 is 15.7 Å². The summed E-state index contributed by atoms with van der Waals surface area (Å²) in [6, 6.07) is 40.4. The molecule has 272 valence electrons. The van der Waals surface area contributed by atoms with Crippen molar-refractivity contribution in [3.05, 3.63) is 138 Å². The van der Waals surface area contributed by atoms with Crippen molar-refractivity contribution in [3.8, 4) is 50.2 Å². The molecule has 1 aliphatic carbocycles. The number of para-hydroxylation sites is 3. The van der Waals surface area contributed by atoms with E-state index >= 15 is 0 Å². The zero-order valence-electron chi connectivity index (χ0n) is 35.4. The van der Waals surface area contributed by atoms with Gasteiger partial charge in [-0.15, -0.1) is 16.0 Å². The number of benzene rings is 8. The van der Waals surface area contributed by atoms with Gasteiger partial charge in [-0.3, -0.25) is 4.57 Å². The summed E-state index contributed by atoms with van der Waals surface area (Å²) in [6.07, 6.45) is 0. The first-order valence-corrected chi connectivity index (χ1v) is 20.7. The van der Waals surface area contributed by atoms with Gasteiger partial charge in [0.1, 0.15) is 60.7 Å². The fourth-order valence-electron chi connectivity index (χ4n) is 10.0. The average Bonchev–Trinajstić information content (AvgIpc) is 3.79. The predicted molar refractivity (Wildman–Crippen MR) is 281 cm³/mol. The van der Waals surface area contributed by atoms with Crippen LogP contribution in [0.15, 0.2) is 121 Å². The molecule has 0 spiro atoms. The van der Waals surface area contributed by atoms with Crippen molar-refractivity contribution in [1.29, 1.82) is 0 Å². The van der Waals surface area contributed by atoms with Crippen molar-refractivity contribution in [1.82, 2.24) is 9.55 Å². The highest BCUT2D eigenvalue weighted by molar-refractivity contribution is 6.67. The number of fused-ring (bicyclic) bond motifs is 6. The molecule has 1 heterocycles. The second kappa shape index (κ2) is 14.8. The van der Waals surface area contributed by atoms with E-state index in [0.717, 1.165) is 66.1 Å². The Morgan fingerprint density at radius 2 is 0.891 bits per heavy atom. The first kappa shape index (κ1) is 42.5. The highest BCUT2D eigenvalue weighted by atomic mass is 15.1. The summed E-state index contributed by atoms with van der Waals surface area (Å²) in [6.45, 7) is 4.07. The molecule has 1 aromatic heterocycles. The van der Waals surface area contributed by atoms with E-state index in [1.54, 1.807) is 0 Å². The molecule has 1 aliphatic rings. The molecular weight excluding hydrogens is 758 g/mol. The minimum atomic E-state index is -2.00. The highest BCUT2D eigenvalue weighted by Crippen LogP contribution is 2.48. The summed E-state index contributed by atoms with van der Waals surface area (Å²) in [5, 5.41) is -0.0547. The smallest absolute Gasteiger partial charge is 0.115 e. The van der Waals surface area contributed by atoms with E-state index in [0.29, 0.717) is 49.6 Å². The minimum absolute atomic E-state index is 0.193. The van der Waals surface area contributed by atoms with E-state index in [1.165, 1.54) is 0 Å². The van der Waals surface area contributed by atoms with Crippen molar-refractivity contribution in [3.63, 3.8) is 0 Å². The largest absolute Gasteiger partial charge is 0.296 e. The third-order valence-electron chi connectivity index (χ3n) is 13.2. The van der Waals surface area contributed by atoms with E-state index in [1.807, 2.05) is 91.2 Å². The van der Waals surface area contributed by atoms with Gasteiger partial charge in [0.05, 0.1) is 56.0 Å². The standard InChI is InChI=1S/C50H26B12N2/c1-48(2)38-35(36-39(48)44(55)46(57)45(56)42(36)53)41(52)43(54)37(40(38)51)34-28-14-5-3-12-26(28)33(27-13-4-6-15-29(27)34)24-21-19-23(20-22-24)25-11-7-9-17-31(25)64-32-18-10-8-16-30(32)63-47(64)49(58,59)50(60,61)62/h3-22H,1-2H3. The van der Waals surface area contributed by atoms with Gasteiger partial charge in [0.15, 0.2) is 0 Å². The lowest BCUT2D eigenvalue weighted by atomic mass is 9.23. The highest BCUT2D eigenvalue weighted by Gasteiger charge is 2.41. The Hall–Kier alpha value is -5.47. The zero-order valence-corrected chi connectivity index (χ0v) is 35.4. The maximum absolute atomic E-state index is 7.39. The second-order valence-corrected chi connectivity index (χ2v) is 17.4. The molecule has 10 rings (SSSR count). The Morgan fingerprint density at radius 1 is 0.438 bits per heavy atom. The van der Waals surface area contributed by atoms with Crippen LogP contribution in [0.1, 0.15) is 30.8 Å². The van der Waals surface area contributed by atoms with E-state index in [9.17, 15) is 0 Å². The molecule has 0 bridgehead atoms. The minimum Gasteiger partial charge on any atom is -0.296 e. The molecular formula is C50H26B12N2. The van der Waals surface area contributed by atoms with Crippen LogP contribution in [0.4, 0.5) is 0 Å². The van der Waals surface area contributed by atoms with Gasteiger partial charge in [0.25, 0.3) is 0 Å². The zero-order chi connectivity index (χ0) is 45.4. The summed E-state index contributed by atoms with van der Waals surface area (Å²) in [7, 11) is 79.5. The molecule has 64 heavy (non-hydrogen) atoms. The molecule has 2 nitrogen and oxygen atoms in total. The van der Waals surface area contributed by atoms with Gasteiger partial charge in [-0.05, 0) is 89.8 Å². The van der Waals surface area contributed by atoms with Crippen molar-refractivity contribution < 1.29 is 0 Å². The topological polar surface area (TPSA) is 17.8 Å². The van der Waals surface area contributed by atoms with Crippen LogP contribution in [0.3, 0.4) is 0 Å². The number of rotatable bonds is 6. The van der Waals surface area contributed by atoms with Gasteiger partial charge in [-0.2, -0.15) is 0 Å². The number of nitrogens with zero attached hydrogens (tertiary/aromatic N) is 2. The van der Waals surface area contributed by atoms with Crippen LogP contribution in [0, 0.1) is 0 Å². The molecule has 9 aromatic rings. The summed E-state index contributed by atoms with van der Waals surface area (Å²) < 4.78 is 1.87. The van der Waals surface area contributed by atoms with Gasteiger partial charge in [-0.1, -0.05) is 150 Å². The predicted octanol–water partition coefficient (Wildman–Crippen LogP) is 2.26. The van der Waals surface area contributed by atoms with Crippen LogP contribution >= 0.6 is 0 Å². The van der Waals surface area contributed by atoms with Gasteiger partial charge in [0.2, 0.25) is 0 Å². The van der Waals surface area contributed by atoms with Crippen LogP contribution in [0.5, 0.6) is 0 Å². The maximum Gasteiger partial charge on any atom is 0.115 e.